The van der Waals surface area contributed by atoms with Gasteiger partial charge in [0.1, 0.15) is 17.9 Å². The van der Waals surface area contributed by atoms with Gasteiger partial charge in [-0.2, -0.15) is 0 Å². The van der Waals surface area contributed by atoms with Crippen molar-refractivity contribution in [2.45, 2.75) is 83.8 Å². The van der Waals surface area contributed by atoms with Gasteiger partial charge in [-0.05, 0) is 103 Å². The van der Waals surface area contributed by atoms with E-state index in [1.165, 1.54) is 37.4 Å². The molecule has 2 spiro atoms. The maximum absolute atomic E-state index is 14.4. The van der Waals surface area contributed by atoms with Gasteiger partial charge in [0, 0.05) is 50.7 Å². The highest BCUT2D eigenvalue weighted by atomic mass is 19.1. The summed E-state index contributed by atoms with van der Waals surface area (Å²) in [5.74, 6) is 1.40. The highest BCUT2D eigenvalue weighted by Crippen LogP contribution is 2.45. The van der Waals surface area contributed by atoms with Crippen molar-refractivity contribution in [3.63, 3.8) is 0 Å². The number of anilines is 1. The molecule has 3 aliphatic heterocycles. The Labute approximate surface area is 266 Å². The first-order valence-electron chi connectivity index (χ1n) is 16.6. The Balaban J connectivity index is 1.05. The van der Waals surface area contributed by atoms with Gasteiger partial charge in [-0.1, -0.05) is 0 Å². The molecule has 1 saturated carbocycles. The first-order chi connectivity index (χ1) is 21.5. The van der Waals surface area contributed by atoms with E-state index >= 15 is 0 Å². The maximum atomic E-state index is 14.4. The van der Waals surface area contributed by atoms with E-state index in [4.69, 9.17) is 4.74 Å². The van der Waals surface area contributed by atoms with E-state index in [2.05, 4.69) is 25.1 Å². The number of nitrogens with one attached hydrogen (secondary N) is 1. The fourth-order valence-corrected chi connectivity index (χ4v) is 8.09. The largest absolute Gasteiger partial charge is 0.451 e. The first kappa shape index (κ1) is 31.5. The average molecular weight is 622 g/mol. The maximum Gasteiger partial charge on any atom is 0.317 e. The van der Waals surface area contributed by atoms with Crippen molar-refractivity contribution in [2.24, 2.45) is 11.3 Å². The zero-order valence-corrected chi connectivity index (χ0v) is 27.4. The van der Waals surface area contributed by atoms with E-state index < -0.39 is 5.82 Å². The molecule has 1 aliphatic carbocycles. The number of nitrogens with zero attached hydrogens (tertiary/aromatic N) is 6. The molecule has 0 radical (unpaired) electrons. The van der Waals surface area contributed by atoms with Crippen LogP contribution < -0.4 is 15.0 Å². The quantitative estimate of drug-likeness (QED) is 0.436. The number of halogens is 1. The van der Waals surface area contributed by atoms with Crippen LogP contribution in [0.15, 0.2) is 30.7 Å². The van der Waals surface area contributed by atoms with E-state index in [0.717, 1.165) is 65.0 Å². The summed E-state index contributed by atoms with van der Waals surface area (Å²) in [5.41, 5.74) is 0.442. The molecule has 4 heterocycles. The number of carbonyl (C=O) groups is 2. The van der Waals surface area contributed by atoms with Crippen LogP contribution in [0.5, 0.6) is 11.5 Å². The number of rotatable bonds is 8. The lowest BCUT2D eigenvalue weighted by atomic mass is 9.71. The Morgan fingerprint density at radius 3 is 2.38 bits per heavy atom. The Morgan fingerprint density at radius 1 is 1.07 bits per heavy atom. The second kappa shape index (κ2) is 12.4. The molecule has 0 unspecified atom stereocenters. The van der Waals surface area contributed by atoms with E-state index in [-0.39, 0.29) is 40.5 Å². The standard InChI is InChI=1S/C34H48FN7O3/c1-23(2)42(24(3)4)31(43)27-16-26(35)6-7-28(27)45-29-17-36-22-37-30(29)41-19-33(20-41)12-14-40(15-13-33)18-25-8-10-34(11-9-25)21-39(5)32(44)38-34/h6-7,16-17,22-25H,8-15,18-21H2,1-5H3,(H,38,44). The molecule has 1 N–H and O–H groups in total. The number of urea groups is 1. The van der Waals surface area contributed by atoms with Crippen LogP contribution in [0, 0.1) is 17.2 Å². The SMILES string of the molecule is CC(C)N(C(=O)c1cc(F)ccc1Oc1cncnc1N1CC2(CCN(CC3CCC4(CC3)CN(C)C(=O)N4)CC2)C1)C(C)C. The van der Waals surface area contributed by atoms with Gasteiger partial charge >= 0.3 is 6.03 Å². The number of hydrogen-bond donors (Lipinski definition) is 1. The molecular weight excluding hydrogens is 573 g/mol. The molecule has 4 aliphatic rings. The van der Waals surface area contributed by atoms with Gasteiger partial charge in [-0.25, -0.2) is 19.2 Å². The second-order valence-electron chi connectivity index (χ2n) is 14.5. The molecule has 3 saturated heterocycles. The van der Waals surface area contributed by atoms with Crippen LogP contribution in [0.25, 0.3) is 0 Å². The lowest BCUT2D eigenvalue weighted by Gasteiger charge is -2.55. The number of likely N-dealkylation sites (tertiary alicyclic amines) is 1. The van der Waals surface area contributed by atoms with Crippen molar-refractivity contribution < 1.29 is 18.7 Å². The normalized spacial score (nSPS) is 24.8. The highest BCUT2D eigenvalue weighted by molar-refractivity contribution is 5.97. The van der Waals surface area contributed by atoms with Crippen molar-refractivity contribution in [2.75, 3.05) is 51.2 Å². The molecule has 2 aromatic rings. The number of carbonyl (C=O) groups excluding carboxylic acids is 2. The summed E-state index contributed by atoms with van der Waals surface area (Å²) in [7, 11) is 1.89. The van der Waals surface area contributed by atoms with Crippen LogP contribution in [0.3, 0.4) is 0 Å². The third kappa shape index (κ3) is 6.46. The minimum absolute atomic E-state index is 0.0104. The van der Waals surface area contributed by atoms with Gasteiger partial charge in [0.2, 0.25) is 0 Å². The van der Waals surface area contributed by atoms with Crippen molar-refractivity contribution >= 4 is 17.8 Å². The Morgan fingerprint density at radius 2 is 1.76 bits per heavy atom. The van der Waals surface area contributed by atoms with E-state index in [1.807, 2.05) is 39.6 Å². The molecule has 244 valence electrons. The Hall–Kier alpha value is -3.47. The Kier molecular flexibility index (Phi) is 8.67. The molecule has 1 aromatic carbocycles. The summed E-state index contributed by atoms with van der Waals surface area (Å²) in [5, 5.41) is 3.25. The van der Waals surface area contributed by atoms with Gasteiger partial charge in [0.25, 0.3) is 5.91 Å². The van der Waals surface area contributed by atoms with Gasteiger partial charge in [-0.15, -0.1) is 0 Å². The smallest absolute Gasteiger partial charge is 0.317 e. The average Bonchev–Trinajstić information content (AvgIpc) is 3.26. The van der Waals surface area contributed by atoms with Gasteiger partial charge in [-0.3, -0.25) is 4.79 Å². The molecular formula is C34H48FN7O3. The minimum Gasteiger partial charge on any atom is -0.451 e. The first-order valence-corrected chi connectivity index (χ1v) is 16.6. The number of amides is 3. The summed E-state index contributed by atoms with van der Waals surface area (Å²) >= 11 is 0. The van der Waals surface area contributed by atoms with Gasteiger partial charge < -0.3 is 29.7 Å². The predicted octanol–water partition coefficient (Wildman–Crippen LogP) is 5.15. The van der Waals surface area contributed by atoms with Crippen LogP contribution >= 0.6 is 0 Å². The third-order valence-corrected chi connectivity index (χ3v) is 10.5. The van der Waals surface area contributed by atoms with Gasteiger partial charge in [0.05, 0.1) is 17.3 Å². The fourth-order valence-electron chi connectivity index (χ4n) is 8.09. The number of ether oxygens (including phenoxy) is 1. The lowest BCUT2D eigenvalue weighted by molar-refractivity contribution is 0.0584. The number of aromatic nitrogens is 2. The van der Waals surface area contributed by atoms with Crippen molar-refractivity contribution in [3.05, 3.63) is 42.1 Å². The van der Waals surface area contributed by atoms with Crippen LogP contribution in [-0.2, 0) is 0 Å². The molecule has 10 nitrogen and oxygen atoms in total. The van der Waals surface area contributed by atoms with Crippen LogP contribution in [0.2, 0.25) is 0 Å². The number of piperidine rings is 1. The molecule has 0 bridgehead atoms. The van der Waals surface area contributed by atoms with Crippen LogP contribution in [0.1, 0.15) is 76.6 Å². The summed E-state index contributed by atoms with van der Waals surface area (Å²) in [6.45, 7) is 13.8. The van der Waals surface area contributed by atoms with Gasteiger partial charge in [0.15, 0.2) is 11.6 Å². The number of likely N-dealkylation sites (N-methyl/N-ethyl adjacent to an activating group) is 1. The third-order valence-electron chi connectivity index (χ3n) is 10.5. The van der Waals surface area contributed by atoms with E-state index in [9.17, 15) is 14.0 Å². The molecule has 45 heavy (non-hydrogen) atoms. The summed E-state index contributed by atoms with van der Waals surface area (Å²) in [6.07, 6.45) is 9.95. The monoisotopic (exact) mass is 621 g/mol. The number of benzene rings is 1. The van der Waals surface area contributed by atoms with Crippen molar-refractivity contribution in [3.8, 4) is 11.5 Å². The molecule has 3 amide bonds. The van der Waals surface area contributed by atoms with Crippen molar-refractivity contribution in [1.82, 2.24) is 30.0 Å². The molecule has 11 heteroatoms. The zero-order chi connectivity index (χ0) is 31.9. The fraction of sp³-hybridized carbons (Fsp3) is 0.647. The van der Waals surface area contributed by atoms with Crippen LogP contribution in [0.4, 0.5) is 15.0 Å². The number of hydrogen-bond acceptors (Lipinski definition) is 7. The highest BCUT2D eigenvalue weighted by Gasteiger charge is 2.47. The lowest BCUT2D eigenvalue weighted by Crippen LogP contribution is -2.61. The molecule has 6 rings (SSSR count). The van der Waals surface area contributed by atoms with E-state index in [1.54, 1.807) is 11.1 Å². The topological polar surface area (TPSA) is 94.1 Å². The summed E-state index contributed by atoms with van der Waals surface area (Å²) in [6, 6.07) is 4.05. The summed E-state index contributed by atoms with van der Waals surface area (Å²) in [4.78, 5) is 42.8. The van der Waals surface area contributed by atoms with Crippen LogP contribution in [-0.4, -0.2) is 101 Å². The minimum atomic E-state index is -0.485. The molecule has 1 aromatic heterocycles. The van der Waals surface area contributed by atoms with Crippen molar-refractivity contribution in [1.29, 1.82) is 0 Å². The molecule has 0 atom stereocenters. The Bertz CT molecular complexity index is 1390. The van der Waals surface area contributed by atoms with E-state index in [0.29, 0.717) is 23.2 Å². The molecule has 4 fully saturated rings. The predicted molar refractivity (Wildman–Crippen MR) is 171 cm³/mol. The second-order valence-corrected chi connectivity index (χ2v) is 14.5. The summed E-state index contributed by atoms with van der Waals surface area (Å²) < 4.78 is 20.6. The zero-order valence-electron chi connectivity index (χ0n) is 27.4.